The smallest absolute Gasteiger partial charge is 0.129 e. The van der Waals surface area contributed by atoms with Crippen LogP contribution in [-0.4, -0.2) is 7.11 Å². The highest BCUT2D eigenvalue weighted by atomic mass is 32.1. The van der Waals surface area contributed by atoms with Crippen molar-refractivity contribution in [3.8, 4) is 16.9 Å². The molecule has 100 valence electrons. The molecule has 3 heteroatoms. The molecule has 0 amide bonds. The Balaban J connectivity index is 2.28. The first-order chi connectivity index (χ1) is 9.11. The van der Waals surface area contributed by atoms with E-state index in [9.17, 15) is 0 Å². The van der Waals surface area contributed by atoms with Gasteiger partial charge in [-0.25, -0.2) is 0 Å². The topological polar surface area (TPSA) is 35.2 Å². The molecule has 0 unspecified atom stereocenters. The first kappa shape index (κ1) is 12.5. The zero-order valence-electron chi connectivity index (χ0n) is 11.7. The third-order valence-corrected chi connectivity index (χ3v) is 4.96. The fourth-order valence-electron chi connectivity index (χ4n) is 3.13. The number of benzene rings is 1. The van der Waals surface area contributed by atoms with E-state index in [4.69, 9.17) is 10.5 Å². The minimum Gasteiger partial charge on any atom is -0.496 e. The van der Waals surface area contributed by atoms with Gasteiger partial charge < -0.3 is 10.5 Å². The van der Waals surface area contributed by atoms with Crippen LogP contribution in [0.15, 0.2) is 12.1 Å². The first-order valence-corrected chi connectivity index (χ1v) is 7.49. The normalized spacial score (nSPS) is 13.6. The highest BCUT2D eigenvalue weighted by Gasteiger charge is 2.24. The van der Waals surface area contributed by atoms with E-state index in [1.54, 1.807) is 18.4 Å². The van der Waals surface area contributed by atoms with E-state index in [2.05, 4.69) is 26.0 Å². The minimum atomic E-state index is 0.938. The summed E-state index contributed by atoms with van der Waals surface area (Å²) in [6, 6.07) is 4.36. The molecule has 0 saturated heterocycles. The molecule has 1 aromatic carbocycles. The lowest BCUT2D eigenvalue weighted by molar-refractivity contribution is 0.413. The van der Waals surface area contributed by atoms with Crippen LogP contribution in [0.25, 0.3) is 11.1 Å². The molecule has 3 rings (SSSR count). The van der Waals surface area contributed by atoms with Crippen molar-refractivity contribution >= 4 is 16.3 Å². The SMILES string of the molecule is COc1c(C)cc(C)cc1-c1c(N)sc2c1CCC2. The Labute approximate surface area is 118 Å². The molecule has 1 aromatic heterocycles. The predicted molar refractivity (Wildman–Crippen MR) is 82.2 cm³/mol. The fourth-order valence-corrected chi connectivity index (χ4v) is 4.31. The van der Waals surface area contributed by atoms with Crippen molar-refractivity contribution in [3.63, 3.8) is 0 Å². The van der Waals surface area contributed by atoms with E-state index in [1.165, 1.54) is 40.0 Å². The molecule has 0 spiro atoms. The first-order valence-electron chi connectivity index (χ1n) is 6.67. The largest absolute Gasteiger partial charge is 0.496 e. The summed E-state index contributed by atoms with van der Waals surface area (Å²) in [5, 5.41) is 0.938. The second-order valence-corrected chi connectivity index (χ2v) is 6.40. The quantitative estimate of drug-likeness (QED) is 0.893. The van der Waals surface area contributed by atoms with Gasteiger partial charge in [-0.2, -0.15) is 0 Å². The van der Waals surface area contributed by atoms with Gasteiger partial charge in [0.25, 0.3) is 0 Å². The van der Waals surface area contributed by atoms with Crippen molar-refractivity contribution in [2.45, 2.75) is 33.1 Å². The van der Waals surface area contributed by atoms with Crippen LogP contribution in [0, 0.1) is 13.8 Å². The van der Waals surface area contributed by atoms with Crippen LogP contribution in [0.2, 0.25) is 0 Å². The van der Waals surface area contributed by atoms with Crippen LogP contribution in [0.4, 0.5) is 5.00 Å². The van der Waals surface area contributed by atoms with Gasteiger partial charge in [0.1, 0.15) is 5.75 Å². The Morgan fingerprint density at radius 1 is 1.21 bits per heavy atom. The second-order valence-electron chi connectivity index (χ2n) is 5.26. The maximum Gasteiger partial charge on any atom is 0.129 e. The summed E-state index contributed by atoms with van der Waals surface area (Å²) in [5.74, 6) is 0.963. The summed E-state index contributed by atoms with van der Waals surface area (Å²) >= 11 is 1.75. The molecule has 2 aromatic rings. The molecule has 2 N–H and O–H groups in total. The molecule has 2 nitrogen and oxygen atoms in total. The molecule has 0 fully saturated rings. The van der Waals surface area contributed by atoms with E-state index in [-0.39, 0.29) is 0 Å². The van der Waals surface area contributed by atoms with Crippen molar-refractivity contribution in [1.82, 2.24) is 0 Å². The van der Waals surface area contributed by atoms with Crippen LogP contribution in [0.3, 0.4) is 0 Å². The molecular weight excluding hydrogens is 254 g/mol. The molecule has 19 heavy (non-hydrogen) atoms. The maximum absolute atomic E-state index is 6.27. The molecule has 1 heterocycles. The van der Waals surface area contributed by atoms with Crippen LogP contribution in [-0.2, 0) is 12.8 Å². The van der Waals surface area contributed by atoms with Gasteiger partial charge in [0, 0.05) is 16.0 Å². The molecule has 0 aliphatic heterocycles. The molecule has 0 saturated carbocycles. The maximum atomic E-state index is 6.27. The average Bonchev–Trinajstić information content (AvgIpc) is 2.87. The van der Waals surface area contributed by atoms with Gasteiger partial charge in [-0.05, 0) is 55.9 Å². The number of methoxy groups -OCH3 is 1. The number of fused-ring (bicyclic) bond motifs is 1. The Morgan fingerprint density at radius 2 is 2.00 bits per heavy atom. The third kappa shape index (κ3) is 1.93. The fraction of sp³-hybridized carbons (Fsp3) is 0.375. The Kier molecular flexibility index (Phi) is 3.02. The molecule has 0 atom stereocenters. The second kappa shape index (κ2) is 4.57. The lowest BCUT2D eigenvalue weighted by Crippen LogP contribution is -1.96. The summed E-state index contributed by atoms with van der Waals surface area (Å²) in [4.78, 5) is 1.47. The molecule has 0 radical (unpaired) electrons. The number of ether oxygens (including phenoxy) is 1. The summed E-state index contributed by atoms with van der Waals surface area (Å²) in [6.45, 7) is 4.22. The van der Waals surface area contributed by atoms with Crippen LogP contribution in [0.1, 0.15) is 28.0 Å². The van der Waals surface area contributed by atoms with E-state index in [0.717, 1.165) is 22.7 Å². The highest BCUT2D eigenvalue weighted by Crippen LogP contribution is 2.47. The number of hydrogen-bond donors (Lipinski definition) is 1. The highest BCUT2D eigenvalue weighted by molar-refractivity contribution is 7.16. The Bertz CT molecular complexity index is 643. The van der Waals surface area contributed by atoms with E-state index >= 15 is 0 Å². The zero-order valence-corrected chi connectivity index (χ0v) is 12.5. The number of nitrogens with two attached hydrogens (primary N) is 1. The van der Waals surface area contributed by atoms with Gasteiger partial charge in [-0.3, -0.25) is 0 Å². The van der Waals surface area contributed by atoms with Gasteiger partial charge in [0.2, 0.25) is 0 Å². The molecule has 1 aliphatic rings. The zero-order chi connectivity index (χ0) is 13.6. The standard InChI is InChI=1S/C16H19NOS/c1-9-7-10(2)15(18-3)12(8-9)14-11-5-4-6-13(11)19-16(14)17/h7-8H,4-6,17H2,1-3H3. The van der Waals surface area contributed by atoms with Crippen LogP contribution >= 0.6 is 11.3 Å². The number of aryl methyl sites for hydroxylation is 3. The number of nitrogen functional groups attached to an aromatic ring is 1. The third-order valence-electron chi connectivity index (χ3n) is 3.84. The Morgan fingerprint density at radius 3 is 2.74 bits per heavy atom. The van der Waals surface area contributed by atoms with Crippen molar-refractivity contribution in [2.24, 2.45) is 0 Å². The number of thiophene rings is 1. The van der Waals surface area contributed by atoms with Gasteiger partial charge in [0.05, 0.1) is 12.1 Å². The predicted octanol–water partition coefficient (Wildman–Crippen LogP) is 4.11. The van der Waals surface area contributed by atoms with Gasteiger partial charge in [-0.1, -0.05) is 6.07 Å². The van der Waals surface area contributed by atoms with Crippen molar-refractivity contribution in [1.29, 1.82) is 0 Å². The van der Waals surface area contributed by atoms with E-state index in [0.29, 0.717) is 0 Å². The summed E-state index contributed by atoms with van der Waals surface area (Å²) in [7, 11) is 1.74. The molecule has 1 aliphatic carbocycles. The van der Waals surface area contributed by atoms with Gasteiger partial charge in [0.15, 0.2) is 0 Å². The number of anilines is 1. The summed E-state index contributed by atoms with van der Waals surface area (Å²) in [6.07, 6.45) is 3.58. The number of rotatable bonds is 2. The molecular formula is C16H19NOS. The molecule has 0 bridgehead atoms. The van der Waals surface area contributed by atoms with E-state index in [1.807, 2.05) is 0 Å². The summed E-state index contributed by atoms with van der Waals surface area (Å²) < 4.78 is 5.62. The van der Waals surface area contributed by atoms with Crippen molar-refractivity contribution < 1.29 is 4.74 Å². The average molecular weight is 273 g/mol. The van der Waals surface area contributed by atoms with E-state index < -0.39 is 0 Å². The van der Waals surface area contributed by atoms with Crippen molar-refractivity contribution in [3.05, 3.63) is 33.7 Å². The lowest BCUT2D eigenvalue weighted by atomic mass is 9.97. The van der Waals surface area contributed by atoms with Crippen LogP contribution < -0.4 is 10.5 Å². The lowest BCUT2D eigenvalue weighted by Gasteiger charge is -2.14. The number of hydrogen-bond acceptors (Lipinski definition) is 3. The summed E-state index contributed by atoms with van der Waals surface area (Å²) in [5.41, 5.74) is 12.5. The Hall–Kier alpha value is -1.48. The van der Waals surface area contributed by atoms with Gasteiger partial charge >= 0.3 is 0 Å². The monoisotopic (exact) mass is 273 g/mol. The minimum absolute atomic E-state index is 0.938. The van der Waals surface area contributed by atoms with Crippen LogP contribution in [0.5, 0.6) is 5.75 Å². The van der Waals surface area contributed by atoms with Gasteiger partial charge in [-0.15, -0.1) is 11.3 Å². The van der Waals surface area contributed by atoms with Crippen molar-refractivity contribution in [2.75, 3.05) is 12.8 Å².